The van der Waals surface area contributed by atoms with Gasteiger partial charge >= 0.3 is 5.97 Å². The number of hydrazone groups is 1. The van der Waals surface area contributed by atoms with E-state index in [4.69, 9.17) is 4.74 Å². The highest BCUT2D eigenvalue weighted by molar-refractivity contribution is 6.07. The number of fused-ring (bicyclic) bond motifs is 5. The molecule has 4 rings (SSSR count). The van der Waals surface area contributed by atoms with Crippen molar-refractivity contribution in [2.24, 2.45) is 28.8 Å². The lowest BCUT2D eigenvalue weighted by Gasteiger charge is -2.16. The van der Waals surface area contributed by atoms with Crippen LogP contribution in [0.15, 0.2) is 35.5 Å². The maximum absolute atomic E-state index is 12.7. The Morgan fingerprint density at radius 2 is 1.86 bits per heavy atom. The van der Waals surface area contributed by atoms with E-state index in [-0.39, 0.29) is 42.1 Å². The Labute approximate surface area is 168 Å². The second-order valence-electron chi connectivity index (χ2n) is 7.71. The number of methoxy groups -OCH3 is 1. The number of allylic oxidation sites excluding steroid dienone is 2. The summed E-state index contributed by atoms with van der Waals surface area (Å²) in [6.45, 7) is -0.255. The van der Waals surface area contributed by atoms with E-state index in [2.05, 4.69) is 9.84 Å². The van der Waals surface area contributed by atoms with Gasteiger partial charge in [0.05, 0.1) is 25.2 Å². The van der Waals surface area contributed by atoms with Gasteiger partial charge in [0.15, 0.2) is 6.61 Å². The molecule has 2 amide bonds. The minimum atomic E-state index is -0.510. The molecule has 8 heteroatoms. The lowest BCUT2D eigenvalue weighted by Crippen LogP contribution is -2.28. The monoisotopic (exact) mass is 397 g/mol. The third-order valence-corrected chi connectivity index (χ3v) is 5.85. The van der Waals surface area contributed by atoms with Gasteiger partial charge in [-0.3, -0.25) is 9.59 Å². The predicted octanol–water partition coefficient (Wildman–Crippen LogP) is 1.45. The van der Waals surface area contributed by atoms with Crippen molar-refractivity contribution in [1.82, 2.24) is 5.01 Å². The van der Waals surface area contributed by atoms with Gasteiger partial charge in [-0.1, -0.05) is 12.2 Å². The topological polar surface area (TPSA) is 88.5 Å². The van der Waals surface area contributed by atoms with E-state index < -0.39 is 5.97 Å². The fourth-order valence-corrected chi connectivity index (χ4v) is 4.35. The molecule has 1 heterocycles. The normalized spacial score (nSPS) is 27.1. The Balaban J connectivity index is 1.57. The number of hydrogen-bond acceptors (Lipinski definition) is 7. The number of carbonyl (C=O) groups excluding carboxylic acids is 3. The number of ether oxygens (including phenoxy) is 2. The van der Waals surface area contributed by atoms with Gasteiger partial charge in [-0.05, 0) is 30.4 Å². The van der Waals surface area contributed by atoms with E-state index in [0.717, 1.165) is 17.1 Å². The number of benzene rings is 1. The van der Waals surface area contributed by atoms with Crippen LogP contribution in [0.2, 0.25) is 0 Å². The smallest absolute Gasteiger partial charge is 0.343 e. The number of carbonyl (C=O) groups is 3. The molecule has 2 fully saturated rings. The minimum Gasteiger partial charge on any atom is -0.481 e. The van der Waals surface area contributed by atoms with Crippen molar-refractivity contribution in [2.45, 2.75) is 6.42 Å². The van der Waals surface area contributed by atoms with Crippen LogP contribution in [-0.4, -0.2) is 56.8 Å². The van der Waals surface area contributed by atoms with Crippen LogP contribution in [0.5, 0.6) is 5.75 Å². The summed E-state index contributed by atoms with van der Waals surface area (Å²) in [4.78, 5) is 38.8. The van der Waals surface area contributed by atoms with Gasteiger partial charge < -0.3 is 14.4 Å². The molecule has 2 aliphatic carbocycles. The summed E-state index contributed by atoms with van der Waals surface area (Å²) >= 11 is 0. The highest BCUT2D eigenvalue weighted by Gasteiger charge is 2.59. The van der Waals surface area contributed by atoms with Crippen LogP contribution in [0.1, 0.15) is 12.0 Å². The Morgan fingerprint density at radius 3 is 2.45 bits per heavy atom. The number of rotatable bonds is 6. The van der Waals surface area contributed by atoms with Gasteiger partial charge in [0.2, 0.25) is 0 Å². The van der Waals surface area contributed by atoms with Crippen LogP contribution >= 0.6 is 0 Å². The van der Waals surface area contributed by atoms with Crippen molar-refractivity contribution in [1.29, 1.82) is 0 Å². The van der Waals surface area contributed by atoms with Crippen molar-refractivity contribution in [3.63, 3.8) is 0 Å². The minimum absolute atomic E-state index is 0.139. The molecular formula is C21H23N3O5. The van der Waals surface area contributed by atoms with Crippen LogP contribution in [-0.2, 0) is 19.1 Å². The molecule has 0 unspecified atom stereocenters. The van der Waals surface area contributed by atoms with E-state index in [0.29, 0.717) is 11.3 Å². The molecule has 1 aromatic carbocycles. The Morgan fingerprint density at radius 1 is 1.21 bits per heavy atom. The predicted molar refractivity (Wildman–Crippen MR) is 105 cm³/mol. The lowest BCUT2D eigenvalue weighted by atomic mass is 9.85. The van der Waals surface area contributed by atoms with Crippen molar-refractivity contribution in [3.05, 3.63) is 35.9 Å². The third-order valence-electron chi connectivity index (χ3n) is 5.85. The molecule has 0 spiro atoms. The first-order valence-electron chi connectivity index (χ1n) is 9.52. The van der Waals surface area contributed by atoms with Gasteiger partial charge in [0, 0.05) is 31.4 Å². The van der Waals surface area contributed by atoms with Gasteiger partial charge in [0.25, 0.3) is 11.8 Å². The van der Waals surface area contributed by atoms with E-state index >= 15 is 0 Å². The van der Waals surface area contributed by atoms with Crippen molar-refractivity contribution in [3.8, 4) is 5.75 Å². The molecule has 2 bridgehead atoms. The molecule has 0 aromatic heterocycles. The highest BCUT2D eigenvalue weighted by atomic mass is 16.6. The largest absolute Gasteiger partial charge is 0.481 e. The first-order chi connectivity index (χ1) is 13.9. The molecule has 0 N–H and O–H groups in total. The molecule has 29 heavy (non-hydrogen) atoms. The zero-order valence-corrected chi connectivity index (χ0v) is 16.6. The Bertz CT molecular complexity index is 893. The van der Waals surface area contributed by atoms with Gasteiger partial charge in [-0.2, -0.15) is 10.1 Å². The third kappa shape index (κ3) is 3.28. The summed E-state index contributed by atoms with van der Waals surface area (Å²) in [5.41, 5.74) is 1.42. The summed E-state index contributed by atoms with van der Waals surface area (Å²) < 4.78 is 10.2. The Hall–Kier alpha value is -3.16. The maximum Gasteiger partial charge on any atom is 0.343 e. The molecule has 1 aliphatic heterocycles. The molecule has 8 nitrogen and oxygen atoms in total. The summed E-state index contributed by atoms with van der Waals surface area (Å²) in [6, 6.07) is 5.39. The molecule has 0 radical (unpaired) electrons. The molecule has 1 saturated carbocycles. The van der Waals surface area contributed by atoms with E-state index in [1.54, 1.807) is 12.1 Å². The van der Waals surface area contributed by atoms with Gasteiger partial charge in [-0.25, -0.2) is 4.79 Å². The van der Waals surface area contributed by atoms with E-state index in [1.807, 2.05) is 37.2 Å². The first kappa shape index (κ1) is 19.2. The Kier molecular flexibility index (Phi) is 4.86. The zero-order chi connectivity index (χ0) is 20.7. The van der Waals surface area contributed by atoms with Crippen LogP contribution in [0, 0.1) is 23.7 Å². The standard InChI is InChI=1S/C21H23N3O5/c1-23(2)15-7-6-14(16(9-15)29-11-17(25)28-3)10-22-24-20(26)18-12-4-5-13(8-12)19(18)21(24)27/h4-7,9-10,12-13,18-19H,8,11H2,1-3H3/t12-,13-,18-,19+/m0/s1. The van der Waals surface area contributed by atoms with Crippen LogP contribution in [0.25, 0.3) is 0 Å². The van der Waals surface area contributed by atoms with Crippen LogP contribution < -0.4 is 9.64 Å². The van der Waals surface area contributed by atoms with E-state index in [9.17, 15) is 14.4 Å². The quantitative estimate of drug-likeness (QED) is 0.312. The van der Waals surface area contributed by atoms with E-state index in [1.165, 1.54) is 13.3 Å². The molecule has 3 aliphatic rings. The van der Waals surface area contributed by atoms with Crippen molar-refractivity contribution in [2.75, 3.05) is 32.7 Å². The average Bonchev–Trinajstić information content (AvgIpc) is 3.39. The SMILES string of the molecule is COC(=O)COc1cc(N(C)C)ccc1C=NN1C(=O)[C@@H]2[C@H](C1=O)[C@H]1C=C[C@H]2C1. The molecule has 1 aromatic rings. The molecule has 1 saturated heterocycles. The number of imide groups is 1. The number of amides is 2. The fourth-order valence-electron chi connectivity index (χ4n) is 4.35. The summed E-state index contributed by atoms with van der Waals surface area (Å²) in [7, 11) is 5.06. The van der Waals surface area contributed by atoms with Gasteiger partial charge in [0.1, 0.15) is 5.75 Å². The summed E-state index contributed by atoms with van der Waals surface area (Å²) in [6.07, 6.45) is 6.39. The lowest BCUT2D eigenvalue weighted by molar-refractivity contribution is -0.143. The number of anilines is 1. The fraction of sp³-hybridized carbons (Fsp3) is 0.429. The van der Waals surface area contributed by atoms with Gasteiger partial charge in [-0.15, -0.1) is 0 Å². The zero-order valence-electron chi connectivity index (χ0n) is 16.6. The van der Waals surface area contributed by atoms with Crippen LogP contribution in [0.3, 0.4) is 0 Å². The molecular weight excluding hydrogens is 374 g/mol. The second kappa shape index (κ2) is 7.35. The first-order valence-corrected chi connectivity index (χ1v) is 9.52. The molecule has 4 atom stereocenters. The van der Waals surface area contributed by atoms with Crippen molar-refractivity contribution >= 4 is 29.7 Å². The van der Waals surface area contributed by atoms with Crippen LogP contribution in [0.4, 0.5) is 5.69 Å². The second-order valence-corrected chi connectivity index (χ2v) is 7.71. The summed E-state index contributed by atoms with van der Waals surface area (Å²) in [5, 5.41) is 5.18. The number of hydrogen-bond donors (Lipinski definition) is 0. The maximum atomic E-state index is 12.7. The van der Waals surface area contributed by atoms with Crippen molar-refractivity contribution < 1.29 is 23.9 Å². The molecule has 152 valence electrons. The highest BCUT2D eigenvalue weighted by Crippen LogP contribution is 2.52. The number of nitrogens with zero attached hydrogens (tertiary/aromatic N) is 3. The average molecular weight is 397 g/mol. The summed E-state index contributed by atoms with van der Waals surface area (Å²) in [5.74, 6) is -0.887. The number of esters is 1.